The van der Waals surface area contributed by atoms with Crippen LogP contribution in [0.4, 0.5) is 11.6 Å². The summed E-state index contributed by atoms with van der Waals surface area (Å²) in [7, 11) is 1.76. The molecule has 0 bridgehead atoms. The first-order valence-corrected chi connectivity index (χ1v) is 6.00. The van der Waals surface area contributed by atoms with Crippen molar-refractivity contribution in [1.82, 2.24) is 9.97 Å². The lowest BCUT2D eigenvalue weighted by Crippen LogP contribution is -2.40. The van der Waals surface area contributed by atoms with Crippen molar-refractivity contribution in [3.63, 3.8) is 0 Å². The zero-order valence-electron chi connectivity index (χ0n) is 10.7. The number of aryl methyl sites for hydroxylation is 1. The molecular formula is C12H20N4O. The summed E-state index contributed by atoms with van der Waals surface area (Å²) < 4.78 is 5.43. The lowest BCUT2D eigenvalue weighted by Gasteiger charge is -2.33. The van der Waals surface area contributed by atoms with Gasteiger partial charge in [-0.05, 0) is 26.7 Å². The molecule has 5 heteroatoms. The molecule has 0 aromatic carbocycles. The van der Waals surface area contributed by atoms with Crippen LogP contribution in [0.25, 0.3) is 0 Å². The molecule has 2 rings (SSSR count). The topological polar surface area (TPSA) is 64.3 Å². The number of piperidine rings is 1. The number of hydrogen-bond acceptors (Lipinski definition) is 5. The van der Waals surface area contributed by atoms with Crippen molar-refractivity contribution in [1.29, 1.82) is 0 Å². The Balaban J connectivity index is 2.27. The minimum atomic E-state index is 0.291. The fraction of sp³-hybridized carbons (Fsp3) is 0.667. The summed E-state index contributed by atoms with van der Waals surface area (Å²) in [6.45, 7) is 5.74. The monoisotopic (exact) mass is 236 g/mol. The van der Waals surface area contributed by atoms with Crippen molar-refractivity contribution in [3.8, 4) is 0 Å². The van der Waals surface area contributed by atoms with Gasteiger partial charge in [-0.2, -0.15) is 0 Å². The molecule has 1 aromatic rings. The van der Waals surface area contributed by atoms with Crippen LogP contribution in [-0.2, 0) is 4.74 Å². The van der Waals surface area contributed by atoms with Crippen LogP contribution in [0.5, 0.6) is 0 Å². The first-order chi connectivity index (χ1) is 8.11. The maximum Gasteiger partial charge on any atom is 0.137 e. The Hall–Kier alpha value is -1.36. The smallest absolute Gasteiger partial charge is 0.137 e. The molecule has 1 aliphatic heterocycles. The second-order valence-electron chi connectivity index (χ2n) is 4.55. The SMILES string of the molecule is COC1CCCN(c2nc(C)nc(N)c2C)C1. The van der Waals surface area contributed by atoms with Gasteiger partial charge in [-0.15, -0.1) is 0 Å². The van der Waals surface area contributed by atoms with E-state index in [1.807, 2.05) is 13.8 Å². The average Bonchev–Trinajstić information content (AvgIpc) is 2.34. The first-order valence-electron chi connectivity index (χ1n) is 6.00. The highest BCUT2D eigenvalue weighted by Crippen LogP contribution is 2.25. The highest BCUT2D eigenvalue weighted by Gasteiger charge is 2.22. The van der Waals surface area contributed by atoms with Gasteiger partial charge in [0.1, 0.15) is 17.5 Å². The summed E-state index contributed by atoms with van der Waals surface area (Å²) in [5.41, 5.74) is 6.85. The Labute approximate surface area is 102 Å². The number of ether oxygens (including phenoxy) is 1. The van der Waals surface area contributed by atoms with Crippen LogP contribution in [0.3, 0.4) is 0 Å². The van der Waals surface area contributed by atoms with Gasteiger partial charge in [0.15, 0.2) is 0 Å². The zero-order chi connectivity index (χ0) is 12.4. The van der Waals surface area contributed by atoms with E-state index in [2.05, 4.69) is 14.9 Å². The molecule has 0 amide bonds. The van der Waals surface area contributed by atoms with E-state index < -0.39 is 0 Å². The number of nitrogen functional groups attached to an aromatic ring is 1. The number of hydrogen-bond donors (Lipinski definition) is 1. The molecule has 2 N–H and O–H groups in total. The predicted octanol–water partition coefficient (Wildman–Crippen LogP) is 1.29. The Bertz CT molecular complexity index is 408. The Morgan fingerprint density at radius 2 is 2.12 bits per heavy atom. The van der Waals surface area contributed by atoms with Crippen molar-refractivity contribution < 1.29 is 4.74 Å². The van der Waals surface area contributed by atoms with Crippen molar-refractivity contribution in [2.45, 2.75) is 32.8 Å². The van der Waals surface area contributed by atoms with Crippen LogP contribution in [0.2, 0.25) is 0 Å². The van der Waals surface area contributed by atoms with Gasteiger partial charge in [0.25, 0.3) is 0 Å². The van der Waals surface area contributed by atoms with E-state index in [0.717, 1.165) is 43.1 Å². The predicted molar refractivity (Wildman–Crippen MR) is 68.2 cm³/mol. The van der Waals surface area contributed by atoms with E-state index >= 15 is 0 Å². The van der Waals surface area contributed by atoms with Crippen LogP contribution in [0.15, 0.2) is 0 Å². The van der Waals surface area contributed by atoms with Crippen LogP contribution < -0.4 is 10.6 Å². The van der Waals surface area contributed by atoms with Gasteiger partial charge in [-0.25, -0.2) is 9.97 Å². The Morgan fingerprint density at radius 3 is 2.82 bits per heavy atom. The molecule has 2 heterocycles. The molecule has 1 aliphatic rings. The van der Waals surface area contributed by atoms with Gasteiger partial charge in [-0.3, -0.25) is 0 Å². The lowest BCUT2D eigenvalue weighted by molar-refractivity contribution is 0.0891. The van der Waals surface area contributed by atoms with E-state index in [-0.39, 0.29) is 0 Å². The van der Waals surface area contributed by atoms with Gasteiger partial charge >= 0.3 is 0 Å². The largest absolute Gasteiger partial charge is 0.383 e. The minimum Gasteiger partial charge on any atom is -0.383 e. The molecule has 1 aromatic heterocycles. The van der Waals surface area contributed by atoms with Gasteiger partial charge in [-0.1, -0.05) is 0 Å². The molecule has 17 heavy (non-hydrogen) atoms. The number of methoxy groups -OCH3 is 1. The number of aromatic nitrogens is 2. The highest BCUT2D eigenvalue weighted by molar-refractivity contribution is 5.56. The maximum absolute atomic E-state index is 5.89. The average molecular weight is 236 g/mol. The summed E-state index contributed by atoms with van der Waals surface area (Å²) in [6.07, 6.45) is 2.53. The summed E-state index contributed by atoms with van der Waals surface area (Å²) in [5, 5.41) is 0. The van der Waals surface area contributed by atoms with Gasteiger partial charge in [0, 0.05) is 25.8 Å². The number of rotatable bonds is 2. The van der Waals surface area contributed by atoms with Crippen molar-refractivity contribution >= 4 is 11.6 Å². The van der Waals surface area contributed by atoms with Crippen molar-refractivity contribution in [2.75, 3.05) is 30.8 Å². The molecular weight excluding hydrogens is 216 g/mol. The summed E-state index contributed by atoms with van der Waals surface area (Å²) in [6, 6.07) is 0. The molecule has 5 nitrogen and oxygen atoms in total. The quantitative estimate of drug-likeness (QED) is 0.838. The van der Waals surface area contributed by atoms with Crippen molar-refractivity contribution in [3.05, 3.63) is 11.4 Å². The molecule has 1 saturated heterocycles. The van der Waals surface area contributed by atoms with Crippen LogP contribution in [0, 0.1) is 13.8 Å². The van der Waals surface area contributed by atoms with Gasteiger partial charge < -0.3 is 15.4 Å². The maximum atomic E-state index is 5.89. The molecule has 0 radical (unpaired) electrons. The normalized spacial score (nSPS) is 20.6. The molecule has 0 saturated carbocycles. The third kappa shape index (κ3) is 2.49. The zero-order valence-corrected chi connectivity index (χ0v) is 10.7. The van der Waals surface area contributed by atoms with Crippen LogP contribution in [0.1, 0.15) is 24.2 Å². The van der Waals surface area contributed by atoms with Gasteiger partial charge in [0.05, 0.1) is 6.10 Å². The summed E-state index contributed by atoms with van der Waals surface area (Å²) >= 11 is 0. The van der Waals surface area contributed by atoms with E-state index in [1.165, 1.54) is 0 Å². The molecule has 0 spiro atoms. The van der Waals surface area contributed by atoms with E-state index in [9.17, 15) is 0 Å². The van der Waals surface area contributed by atoms with E-state index in [4.69, 9.17) is 10.5 Å². The Morgan fingerprint density at radius 1 is 1.35 bits per heavy atom. The standard InChI is InChI=1S/C12H20N4O/c1-8-11(13)14-9(2)15-12(8)16-6-4-5-10(7-16)17-3/h10H,4-7H2,1-3H3,(H2,13,14,15). The summed E-state index contributed by atoms with van der Waals surface area (Å²) in [4.78, 5) is 10.9. The third-order valence-electron chi connectivity index (χ3n) is 3.28. The van der Waals surface area contributed by atoms with E-state index in [1.54, 1.807) is 7.11 Å². The fourth-order valence-corrected chi connectivity index (χ4v) is 2.27. The van der Waals surface area contributed by atoms with Crippen LogP contribution in [-0.4, -0.2) is 36.3 Å². The second-order valence-corrected chi connectivity index (χ2v) is 4.55. The second kappa shape index (κ2) is 4.87. The molecule has 1 atom stereocenters. The number of nitrogens with two attached hydrogens (primary N) is 1. The van der Waals surface area contributed by atoms with E-state index in [0.29, 0.717) is 11.9 Å². The van der Waals surface area contributed by atoms with Crippen molar-refractivity contribution in [2.24, 2.45) is 0 Å². The highest BCUT2D eigenvalue weighted by atomic mass is 16.5. The Kier molecular flexibility index (Phi) is 3.47. The van der Waals surface area contributed by atoms with Crippen LogP contribution >= 0.6 is 0 Å². The number of nitrogens with zero attached hydrogens (tertiary/aromatic N) is 3. The van der Waals surface area contributed by atoms with Gasteiger partial charge in [0.2, 0.25) is 0 Å². The summed E-state index contributed by atoms with van der Waals surface area (Å²) in [5.74, 6) is 2.26. The molecule has 1 unspecified atom stereocenters. The lowest BCUT2D eigenvalue weighted by atomic mass is 10.1. The molecule has 1 fully saturated rings. The molecule has 0 aliphatic carbocycles. The number of anilines is 2. The third-order valence-corrected chi connectivity index (χ3v) is 3.28. The minimum absolute atomic E-state index is 0.291. The molecule has 94 valence electrons. The first kappa shape index (κ1) is 12.1. The fourth-order valence-electron chi connectivity index (χ4n) is 2.27.